The second-order valence-electron chi connectivity index (χ2n) is 4.20. The van der Waals surface area contributed by atoms with Crippen LogP contribution in [0.25, 0.3) is 0 Å². The second-order valence-corrected chi connectivity index (χ2v) is 6.04. The van der Waals surface area contributed by atoms with E-state index in [0.29, 0.717) is 18.1 Å². The Labute approximate surface area is 125 Å². The summed E-state index contributed by atoms with van der Waals surface area (Å²) >= 11 is 5.27. The van der Waals surface area contributed by atoms with E-state index in [1.165, 1.54) is 0 Å². The average molecular weight is 342 g/mol. The van der Waals surface area contributed by atoms with Crippen LogP contribution < -0.4 is 5.73 Å². The zero-order chi connectivity index (χ0) is 13.7. The van der Waals surface area contributed by atoms with E-state index in [1.807, 2.05) is 24.3 Å². The van der Waals surface area contributed by atoms with Gasteiger partial charge >= 0.3 is 0 Å². The predicted molar refractivity (Wildman–Crippen MR) is 81.2 cm³/mol. The molecule has 1 heterocycles. The second kappa shape index (κ2) is 7.07. The van der Waals surface area contributed by atoms with Gasteiger partial charge in [0.15, 0.2) is 5.82 Å². The Hall–Kier alpha value is -0.850. The summed E-state index contributed by atoms with van der Waals surface area (Å²) in [6.45, 7) is 0. The first-order chi connectivity index (χ1) is 9.20. The molecule has 2 rings (SSSR count). The van der Waals surface area contributed by atoms with Crippen molar-refractivity contribution < 1.29 is 4.52 Å². The van der Waals surface area contributed by atoms with Crippen LogP contribution in [0.4, 0.5) is 0 Å². The lowest BCUT2D eigenvalue weighted by Gasteiger charge is -2.03. The van der Waals surface area contributed by atoms with E-state index in [2.05, 4.69) is 32.3 Å². The molecule has 0 fully saturated rings. The molecule has 0 aliphatic rings. The Morgan fingerprint density at radius 3 is 2.95 bits per heavy atom. The highest BCUT2D eigenvalue weighted by Gasteiger charge is 2.15. The first-order valence-corrected chi connectivity index (χ1v) is 8.19. The van der Waals surface area contributed by atoms with Gasteiger partial charge in [0.1, 0.15) is 0 Å². The number of aromatic nitrogens is 2. The molecule has 19 heavy (non-hydrogen) atoms. The van der Waals surface area contributed by atoms with Crippen molar-refractivity contribution in [2.24, 2.45) is 5.73 Å². The van der Waals surface area contributed by atoms with Crippen LogP contribution in [0.3, 0.4) is 0 Å². The third kappa shape index (κ3) is 4.06. The molecular weight excluding hydrogens is 326 g/mol. The van der Waals surface area contributed by atoms with Crippen LogP contribution in [-0.4, -0.2) is 22.1 Å². The topological polar surface area (TPSA) is 64.9 Å². The van der Waals surface area contributed by atoms with Gasteiger partial charge < -0.3 is 10.3 Å². The summed E-state index contributed by atoms with van der Waals surface area (Å²) in [5.41, 5.74) is 7.13. The monoisotopic (exact) mass is 341 g/mol. The van der Waals surface area contributed by atoms with E-state index in [1.54, 1.807) is 11.8 Å². The number of thioether (sulfide) groups is 1. The van der Waals surface area contributed by atoms with Crippen molar-refractivity contribution in [3.8, 4) is 0 Å². The van der Waals surface area contributed by atoms with Gasteiger partial charge in [-0.3, -0.25) is 0 Å². The smallest absolute Gasteiger partial charge is 0.243 e. The molecule has 0 aliphatic heterocycles. The highest BCUT2D eigenvalue weighted by atomic mass is 79.9. The first kappa shape index (κ1) is 14.6. The molecule has 1 aromatic heterocycles. The molecule has 0 saturated carbocycles. The zero-order valence-corrected chi connectivity index (χ0v) is 13.1. The van der Waals surface area contributed by atoms with Gasteiger partial charge in [-0.15, -0.1) is 0 Å². The third-order valence-electron chi connectivity index (χ3n) is 2.74. The normalized spacial score (nSPS) is 12.6. The summed E-state index contributed by atoms with van der Waals surface area (Å²) in [5.74, 6) is 2.18. The molecule has 2 N–H and O–H groups in total. The third-order valence-corrected chi connectivity index (χ3v) is 4.16. The SMILES string of the molecule is CSCC[C@H](N)c1nc(Cc2ccccc2Br)no1. The molecule has 1 atom stereocenters. The van der Waals surface area contributed by atoms with Crippen LogP contribution in [0.5, 0.6) is 0 Å². The Morgan fingerprint density at radius 2 is 2.21 bits per heavy atom. The Balaban J connectivity index is 2.03. The van der Waals surface area contributed by atoms with Crippen molar-refractivity contribution in [1.29, 1.82) is 0 Å². The number of halogens is 1. The molecule has 0 radical (unpaired) electrons. The van der Waals surface area contributed by atoms with Gasteiger partial charge in [-0.1, -0.05) is 39.3 Å². The molecule has 0 aliphatic carbocycles. The maximum atomic E-state index is 6.00. The summed E-state index contributed by atoms with van der Waals surface area (Å²) in [5, 5.41) is 3.99. The molecule has 0 unspecified atom stereocenters. The van der Waals surface area contributed by atoms with Gasteiger partial charge in [0.05, 0.1) is 6.04 Å². The summed E-state index contributed by atoms with van der Waals surface area (Å²) in [6.07, 6.45) is 3.54. The maximum Gasteiger partial charge on any atom is 0.243 e. The van der Waals surface area contributed by atoms with E-state index < -0.39 is 0 Å². The van der Waals surface area contributed by atoms with E-state index >= 15 is 0 Å². The summed E-state index contributed by atoms with van der Waals surface area (Å²) in [7, 11) is 0. The van der Waals surface area contributed by atoms with Crippen molar-refractivity contribution in [3.63, 3.8) is 0 Å². The van der Waals surface area contributed by atoms with Gasteiger partial charge in [-0.05, 0) is 30.1 Å². The average Bonchev–Trinajstić information content (AvgIpc) is 2.87. The number of nitrogens with zero attached hydrogens (tertiary/aromatic N) is 2. The van der Waals surface area contributed by atoms with Crippen molar-refractivity contribution in [3.05, 3.63) is 46.0 Å². The molecule has 0 bridgehead atoms. The van der Waals surface area contributed by atoms with Gasteiger partial charge in [0.2, 0.25) is 5.89 Å². The van der Waals surface area contributed by atoms with E-state index in [0.717, 1.165) is 22.2 Å². The van der Waals surface area contributed by atoms with Crippen molar-refractivity contribution >= 4 is 27.7 Å². The molecule has 6 heteroatoms. The number of nitrogens with two attached hydrogens (primary N) is 1. The summed E-state index contributed by atoms with van der Waals surface area (Å²) in [4.78, 5) is 4.37. The Morgan fingerprint density at radius 1 is 1.42 bits per heavy atom. The fourth-order valence-corrected chi connectivity index (χ4v) is 2.58. The van der Waals surface area contributed by atoms with Crippen LogP contribution in [0.2, 0.25) is 0 Å². The summed E-state index contributed by atoms with van der Waals surface area (Å²) < 4.78 is 6.27. The van der Waals surface area contributed by atoms with Gasteiger partial charge in [0, 0.05) is 10.9 Å². The van der Waals surface area contributed by atoms with Gasteiger partial charge in [0.25, 0.3) is 0 Å². The first-order valence-electron chi connectivity index (χ1n) is 6.01. The number of hydrogen-bond donors (Lipinski definition) is 1. The van der Waals surface area contributed by atoms with Crippen molar-refractivity contribution in [2.75, 3.05) is 12.0 Å². The lowest BCUT2D eigenvalue weighted by atomic mass is 10.1. The lowest BCUT2D eigenvalue weighted by Crippen LogP contribution is -2.11. The van der Waals surface area contributed by atoms with Crippen LogP contribution in [-0.2, 0) is 6.42 Å². The zero-order valence-electron chi connectivity index (χ0n) is 10.7. The number of rotatable bonds is 6. The van der Waals surface area contributed by atoms with Crippen molar-refractivity contribution in [1.82, 2.24) is 10.1 Å². The van der Waals surface area contributed by atoms with E-state index in [-0.39, 0.29) is 6.04 Å². The minimum atomic E-state index is -0.173. The molecule has 0 amide bonds. The van der Waals surface area contributed by atoms with Crippen molar-refractivity contribution in [2.45, 2.75) is 18.9 Å². The number of benzene rings is 1. The molecule has 0 spiro atoms. The van der Waals surface area contributed by atoms with E-state index in [9.17, 15) is 0 Å². The lowest BCUT2D eigenvalue weighted by molar-refractivity contribution is 0.349. The largest absolute Gasteiger partial charge is 0.338 e. The number of hydrogen-bond acceptors (Lipinski definition) is 5. The fourth-order valence-electron chi connectivity index (χ4n) is 1.67. The highest BCUT2D eigenvalue weighted by molar-refractivity contribution is 9.10. The molecular formula is C13H16BrN3OS. The molecule has 4 nitrogen and oxygen atoms in total. The maximum absolute atomic E-state index is 6.00. The molecule has 2 aromatic rings. The van der Waals surface area contributed by atoms with Crippen LogP contribution in [0.15, 0.2) is 33.3 Å². The Kier molecular flexibility index (Phi) is 5.42. The quantitative estimate of drug-likeness (QED) is 0.873. The molecule has 0 saturated heterocycles. The van der Waals surface area contributed by atoms with Crippen LogP contribution in [0.1, 0.15) is 29.7 Å². The standard InChI is InChI=1S/C13H16BrN3OS/c1-19-7-6-11(15)13-16-12(17-18-13)8-9-4-2-3-5-10(9)14/h2-5,11H,6-8,15H2,1H3/t11-/m0/s1. The molecule has 102 valence electrons. The predicted octanol–water partition coefficient (Wildman–Crippen LogP) is 3.18. The minimum Gasteiger partial charge on any atom is -0.338 e. The van der Waals surface area contributed by atoms with E-state index in [4.69, 9.17) is 10.3 Å². The molecule has 1 aromatic carbocycles. The summed E-state index contributed by atoms with van der Waals surface area (Å²) in [6, 6.07) is 7.83. The Bertz CT molecular complexity index is 532. The van der Waals surface area contributed by atoms with Gasteiger partial charge in [-0.25, -0.2) is 0 Å². The highest BCUT2D eigenvalue weighted by Crippen LogP contribution is 2.20. The minimum absolute atomic E-state index is 0.173. The van der Waals surface area contributed by atoms with Gasteiger partial charge in [-0.2, -0.15) is 16.7 Å². The van der Waals surface area contributed by atoms with Crippen LogP contribution in [0, 0.1) is 0 Å². The van der Waals surface area contributed by atoms with Crippen LogP contribution >= 0.6 is 27.7 Å². The fraction of sp³-hybridized carbons (Fsp3) is 0.385.